The Balaban J connectivity index is 0. The summed E-state index contributed by atoms with van der Waals surface area (Å²) in [6.45, 7) is 0. The third kappa shape index (κ3) is 20.0. The molecule has 0 saturated heterocycles. The van der Waals surface area contributed by atoms with Gasteiger partial charge in [-0.2, -0.15) is 12.2 Å². The molecule has 2 aliphatic carbocycles. The zero-order valence-electron chi connectivity index (χ0n) is 10.2. The summed E-state index contributed by atoms with van der Waals surface area (Å²) in [5.41, 5.74) is 0. The summed E-state index contributed by atoms with van der Waals surface area (Å²) in [6, 6.07) is 0. The third-order valence-electron chi connectivity index (χ3n) is 1.46. The second kappa shape index (κ2) is 20.9. The van der Waals surface area contributed by atoms with Crippen LogP contribution in [0.1, 0.15) is 12.8 Å². The van der Waals surface area contributed by atoms with Crippen LogP contribution in [0.3, 0.4) is 0 Å². The molecule has 4 heteroatoms. The summed E-state index contributed by atoms with van der Waals surface area (Å²) in [6.07, 6.45) is 20.0. The van der Waals surface area contributed by atoms with Crippen molar-refractivity contribution in [3.05, 3.63) is 48.6 Å². The van der Waals surface area contributed by atoms with Crippen LogP contribution in [0.4, 0.5) is 0 Å². The molecule has 2 aliphatic rings. The predicted octanol–water partition coefficient (Wildman–Crippen LogP) is 1.53. The van der Waals surface area contributed by atoms with Crippen molar-refractivity contribution in [3.63, 3.8) is 0 Å². The Labute approximate surface area is 126 Å². The van der Waals surface area contributed by atoms with E-state index in [1.807, 2.05) is 24.3 Å². The van der Waals surface area contributed by atoms with Crippen molar-refractivity contribution in [2.24, 2.45) is 0 Å². The molecule has 0 N–H and O–H groups in total. The molecule has 2 rings (SSSR count). The molecular weight excluding hydrogens is 262 g/mol. The first-order valence-corrected chi connectivity index (χ1v) is 9.10. The normalized spacial score (nSPS) is 12.9. The van der Waals surface area contributed by atoms with Gasteiger partial charge in [-0.15, -0.1) is 12.8 Å². The Morgan fingerprint density at radius 3 is 1.62 bits per heavy atom. The fourth-order valence-electron chi connectivity index (χ4n) is 0.680. The average Bonchev–Trinajstić information content (AvgIpc) is 3.07. The first-order valence-electron chi connectivity index (χ1n) is 5.19. The number of hydrogen-bond donors (Lipinski definition) is 0. The minimum atomic E-state index is -0.0139. The van der Waals surface area contributed by atoms with Gasteiger partial charge in [-0.25, -0.2) is 24.3 Å². The second-order valence-electron chi connectivity index (χ2n) is 2.58. The van der Waals surface area contributed by atoms with Crippen molar-refractivity contribution < 1.29 is 22.8 Å². The first-order chi connectivity index (χ1) is 7.91. The van der Waals surface area contributed by atoms with E-state index in [1.165, 1.54) is 0 Å². The average molecular weight is 280 g/mol. The molecule has 0 heterocycles. The molecule has 0 aromatic rings. The minimum Gasteiger partial charge on any atom is -0.645 e. The van der Waals surface area contributed by atoms with Crippen LogP contribution in [-0.4, -0.2) is 37.0 Å². The van der Waals surface area contributed by atoms with E-state index in [9.17, 15) is 0 Å². The zero-order valence-corrected chi connectivity index (χ0v) is 15.2. The van der Waals surface area contributed by atoms with Crippen LogP contribution >= 0.6 is 0 Å². The smallest absolute Gasteiger partial charge is 0.401 e. The molecule has 0 unspecified atom stereocenters. The van der Waals surface area contributed by atoms with Crippen LogP contribution in [0.25, 0.3) is 0 Å². The van der Waals surface area contributed by atoms with Crippen molar-refractivity contribution in [2.75, 3.05) is 0 Å². The van der Waals surface area contributed by atoms with Crippen LogP contribution in [0.15, 0.2) is 36.5 Å². The summed E-state index contributed by atoms with van der Waals surface area (Å²) in [5.74, 6) is 2.13. The molecule has 0 fully saturated rings. The molecule has 0 aromatic heterocycles. The number of allylic oxidation sites excluding steroid dienone is 8. The summed E-state index contributed by atoms with van der Waals surface area (Å²) in [4.78, 5) is 3.25. The molecule has 0 aromatic carbocycles. The van der Waals surface area contributed by atoms with E-state index >= 15 is 0 Å². The molecule has 0 spiro atoms. The Hall–Kier alpha value is 0.569. The number of hydrogen-bond acceptors (Lipinski definition) is 1. The predicted molar refractivity (Wildman–Crippen MR) is 72.9 cm³/mol. The van der Waals surface area contributed by atoms with Gasteiger partial charge >= 0.3 is 57.0 Å². The van der Waals surface area contributed by atoms with E-state index in [1.54, 1.807) is 20.0 Å². The van der Waals surface area contributed by atoms with E-state index in [2.05, 4.69) is 34.9 Å². The Bertz CT molecular complexity index is 191. The van der Waals surface area contributed by atoms with Crippen molar-refractivity contribution in [3.8, 4) is 0 Å². The first kappa shape index (κ1) is 18.9. The van der Waals surface area contributed by atoms with Gasteiger partial charge in [0.15, 0.2) is 0 Å². The van der Waals surface area contributed by atoms with E-state index in [0.717, 1.165) is 29.5 Å². The van der Waals surface area contributed by atoms with Crippen LogP contribution in [0.5, 0.6) is 0 Å². The van der Waals surface area contributed by atoms with E-state index in [4.69, 9.17) is 2.84 Å². The quantitative estimate of drug-likeness (QED) is 0.523. The van der Waals surface area contributed by atoms with E-state index in [0.29, 0.717) is 0 Å². The van der Waals surface area contributed by atoms with Crippen molar-refractivity contribution >= 4 is 37.0 Å². The summed E-state index contributed by atoms with van der Waals surface area (Å²) < 4.78 is 4.82. The maximum atomic E-state index is 4.82. The van der Waals surface area contributed by atoms with Crippen molar-refractivity contribution in [1.82, 2.24) is 0 Å². The van der Waals surface area contributed by atoms with Crippen LogP contribution in [-0.2, 0) is 22.8 Å². The van der Waals surface area contributed by atoms with Gasteiger partial charge in [-0.1, -0.05) is 5.79 Å². The van der Waals surface area contributed by atoms with Crippen molar-refractivity contribution in [2.45, 2.75) is 18.6 Å². The maximum Gasteiger partial charge on any atom is 0.401 e. The Kier molecular flexibility index (Phi) is 24.7. The molecule has 0 radical (unpaired) electrons. The topological polar surface area (TPSA) is 9.23 Å². The van der Waals surface area contributed by atoms with E-state index < -0.39 is 0 Å². The van der Waals surface area contributed by atoms with E-state index in [-0.39, 0.29) is 15.6 Å². The van der Waals surface area contributed by atoms with Crippen LogP contribution in [0.2, 0.25) is 5.79 Å². The molecule has 0 aliphatic heterocycles. The molecule has 0 bridgehead atoms. The van der Waals surface area contributed by atoms with Gasteiger partial charge in [0.05, 0.1) is 0 Å². The molecule has 0 atom stereocenters. The van der Waals surface area contributed by atoms with Crippen LogP contribution in [0, 0.1) is 12.2 Å². The zero-order chi connectivity index (χ0) is 12.5. The third-order valence-corrected chi connectivity index (χ3v) is 3.77. The summed E-state index contributed by atoms with van der Waals surface area (Å²) >= 11 is 2.69. The molecule has 0 amide bonds. The Morgan fingerprint density at radius 1 is 1.19 bits per heavy atom. The molecule has 0 saturated carbocycles. The van der Waals surface area contributed by atoms with Crippen molar-refractivity contribution in [1.29, 1.82) is 0 Å². The van der Waals surface area contributed by atoms with Gasteiger partial charge < -0.3 is 2.84 Å². The molecule has 1 nitrogen and oxygen atoms in total. The monoisotopic (exact) mass is 280 g/mol. The molecule has 82 valence electrons. The van der Waals surface area contributed by atoms with Gasteiger partial charge in [-0.3, -0.25) is 12.2 Å². The van der Waals surface area contributed by atoms with Gasteiger partial charge in [0.1, 0.15) is 0 Å². The van der Waals surface area contributed by atoms with Crippen LogP contribution < -0.4 is 0 Å². The fraction of sp³-hybridized carbons (Fsp3) is 0.250. The largest absolute Gasteiger partial charge is 0.645 e. The Morgan fingerprint density at radius 2 is 1.56 bits per heavy atom. The minimum absolute atomic E-state index is 0.0139. The standard InChI is InChI=1S/2C5H5.CH3.CH2.2Al.O.Ti.3H/c2*1-2-4-5-3-1;;;;;;;;;/h2*1-3H,4H2;1H3;1H2;;;;;;;/q2*-1;;;;;;+2;;;. The van der Waals surface area contributed by atoms with Gasteiger partial charge in [0.25, 0.3) is 0 Å². The van der Waals surface area contributed by atoms with Gasteiger partial charge in [-0.05, 0) is 0 Å². The second-order valence-corrected chi connectivity index (χ2v) is 5.47. The SMILES string of the molecule is [C-]1=CC=CC1.[C-]1=CC=CC1.[CH2]=[Ti+2].[CH3][AlH][O][AlH2]. The molecular formula is C12H18Al2OTi. The van der Waals surface area contributed by atoms with Gasteiger partial charge in [0, 0.05) is 0 Å². The maximum absolute atomic E-state index is 4.82. The summed E-state index contributed by atoms with van der Waals surface area (Å²) in [5, 5.41) is 0. The van der Waals surface area contributed by atoms with Gasteiger partial charge in [0.2, 0.25) is 0 Å². The summed E-state index contributed by atoms with van der Waals surface area (Å²) in [7, 11) is 0. The fourth-order valence-corrected chi connectivity index (χ4v) is 0.680. The molecule has 16 heavy (non-hydrogen) atoms. The number of rotatable bonds is 1.